The quantitative estimate of drug-likeness (QED) is 0.808. The number of aliphatic hydroxyl groups excluding tert-OH is 1. The normalized spacial score (nSPS) is 21.8. The second kappa shape index (κ2) is 7.83. The monoisotopic (exact) mass is 327 g/mol. The fraction of sp³-hybridized carbons (Fsp3) is 0.562. The standard InChI is InChI=1S/C16H22FNO3S/c1-21-14-4-3-10(9-13(14)17)16(11-7-12(19)8-11)18-15(20)5-6-22-2/h3-4,9,11-12,16,19H,5-8H2,1-2H3,(H,18,20)/t11?,12?,16-/m0/s1. The van der Waals surface area contributed by atoms with Gasteiger partial charge < -0.3 is 15.2 Å². The maximum atomic E-state index is 13.9. The molecule has 1 atom stereocenters. The van der Waals surface area contributed by atoms with Crippen molar-refractivity contribution >= 4 is 17.7 Å². The van der Waals surface area contributed by atoms with Gasteiger partial charge in [0.15, 0.2) is 11.6 Å². The number of halogens is 1. The van der Waals surface area contributed by atoms with Crippen LogP contribution in [0.15, 0.2) is 18.2 Å². The maximum Gasteiger partial charge on any atom is 0.221 e. The van der Waals surface area contributed by atoms with Gasteiger partial charge in [-0.2, -0.15) is 11.8 Å². The molecule has 4 nitrogen and oxygen atoms in total. The molecular weight excluding hydrogens is 305 g/mol. The van der Waals surface area contributed by atoms with E-state index in [9.17, 15) is 14.3 Å². The van der Waals surface area contributed by atoms with Crippen LogP contribution in [0.25, 0.3) is 0 Å². The lowest BCUT2D eigenvalue weighted by Crippen LogP contribution is -2.41. The molecule has 0 unspecified atom stereocenters. The van der Waals surface area contributed by atoms with Crippen molar-refractivity contribution in [3.05, 3.63) is 29.6 Å². The van der Waals surface area contributed by atoms with Crippen LogP contribution >= 0.6 is 11.8 Å². The van der Waals surface area contributed by atoms with E-state index in [-0.39, 0.29) is 29.7 Å². The van der Waals surface area contributed by atoms with Gasteiger partial charge in [0.2, 0.25) is 5.91 Å². The van der Waals surface area contributed by atoms with Crippen LogP contribution in [0.3, 0.4) is 0 Å². The van der Waals surface area contributed by atoms with Gasteiger partial charge in [0.05, 0.1) is 19.3 Å². The SMILES string of the molecule is COc1ccc([C@H](NC(=O)CCSC)C2CC(O)C2)cc1F. The number of rotatable bonds is 7. The lowest BCUT2D eigenvalue weighted by Gasteiger charge is -2.38. The summed E-state index contributed by atoms with van der Waals surface area (Å²) in [6.45, 7) is 0. The van der Waals surface area contributed by atoms with Crippen LogP contribution in [0, 0.1) is 11.7 Å². The summed E-state index contributed by atoms with van der Waals surface area (Å²) in [6.07, 6.45) is 3.32. The summed E-state index contributed by atoms with van der Waals surface area (Å²) in [6, 6.07) is 4.48. The fourth-order valence-electron chi connectivity index (χ4n) is 2.69. The topological polar surface area (TPSA) is 58.6 Å². The highest BCUT2D eigenvalue weighted by atomic mass is 32.2. The largest absolute Gasteiger partial charge is 0.494 e. The van der Waals surface area contributed by atoms with Gasteiger partial charge in [-0.15, -0.1) is 0 Å². The Hall–Kier alpha value is -1.27. The van der Waals surface area contributed by atoms with Crippen LogP contribution in [-0.4, -0.2) is 36.2 Å². The van der Waals surface area contributed by atoms with Crippen molar-refractivity contribution in [1.82, 2.24) is 5.32 Å². The average molecular weight is 327 g/mol. The smallest absolute Gasteiger partial charge is 0.221 e. The number of benzene rings is 1. The summed E-state index contributed by atoms with van der Waals surface area (Å²) in [5, 5.41) is 12.5. The summed E-state index contributed by atoms with van der Waals surface area (Å²) in [4.78, 5) is 12.0. The summed E-state index contributed by atoms with van der Waals surface area (Å²) in [5.41, 5.74) is 0.715. The zero-order chi connectivity index (χ0) is 16.1. The van der Waals surface area contributed by atoms with E-state index < -0.39 is 5.82 Å². The summed E-state index contributed by atoms with van der Waals surface area (Å²) in [5.74, 6) is 0.592. The van der Waals surface area contributed by atoms with Gasteiger partial charge >= 0.3 is 0 Å². The Morgan fingerprint density at radius 2 is 2.27 bits per heavy atom. The number of carbonyl (C=O) groups excluding carboxylic acids is 1. The molecule has 1 amide bonds. The van der Waals surface area contributed by atoms with E-state index in [4.69, 9.17) is 4.74 Å². The molecule has 0 aliphatic heterocycles. The van der Waals surface area contributed by atoms with E-state index in [0.717, 1.165) is 5.75 Å². The molecule has 0 bridgehead atoms. The predicted octanol–water partition coefficient (Wildman–Crippen LogP) is 2.52. The lowest BCUT2D eigenvalue weighted by atomic mass is 9.75. The van der Waals surface area contributed by atoms with Gasteiger partial charge in [0.1, 0.15) is 0 Å². The number of methoxy groups -OCH3 is 1. The molecule has 6 heteroatoms. The van der Waals surface area contributed by atoms with Crippen molar-refractivity contribution in [2.24, 2.45) is 5.92 Å². The van der Waals surface area contributed by atoms with Crippen molar-refractivity contribution in [3.63, 3.8) is 0 Å². The number of hydrogen-bond donors (Lipinski definition) is 2. The molecule has 0 radical (unpaired) electrons. The van der Waals surface area contributed by atoms with Crippen LogP contribution in [0.1, 0.15) is 30.9 Å². The molecule has 0 spiro atoms. The molecule has 1 aliphatic rings. The summed E-state index contributed by atoms with van der Waals surface area (Å²) in [7, 11) is 1.42. The predicted molar refractivity (Wildman–Crippen MR) is 85.6 cm³/mol. The number of amides is 1. The van der Waals surface area contributed by atoms with Crippen LogP contribution in [0.2, 0.25) is 0 Å². The number of nitrogens with one attached hydrogen (secondary N) is 1. The average Bonchev–Trinajstić information content (AvgIpc) is 2.47. The minimum absolute atomic E-state index is 0.0445. The Morgan fingerprint density at radius 3 is 2.82 bits per heavy atom. The van der Waals surface area contributed by atoms with Gasteiger partial charge in [-0.3, -0.25) is 4.79 Å². The molecule has 0 saturated heterocycles. The molecule has 22 heavy (non-hydrogen) atoms. The molecule has 0 aromatic heterocycles. The zero-order valence-electron chi connectivity index (χ0n) is 12.8. The van der Waals surface area contributed by atoms with Crippen molar-refractivity contribution in [2.45, 2.75) is 31.4 Å². The van der Waals surface area contributed by atoms with Gasteiger partial charge in [0, 0.05) is 12.2 Å². The first-order valence-corrected chi connectivity index (χ1v) is 8.74. The van der Waals surface area contributed by atoms with Crippen LogP contribution < -0.4 is 10.1 Å². The Morgan fingerprint density at radius 1 is 1.55 bits per heavy atom. The maximum absolute atomic E-state index is 13.9. The van der Waals surface area contributed by atoms with Crippen molar-refractivity contribution in [3.8, 4) is 5.75 Å². The third kappa shape index (κ3) is 4.14. The number of ether oxygens (including phenoxy) is 1. The Labute approximate surface area is 134 Å². The van der Waals surface area contributed by atoms with E-state index in [1.54, 1.807) is 23.9 Å². The van der Waals surface area contributed by atoms with Gasteiger partial charge in [-0.1, -0.05) is 6.07 Å². The molecule has 2 rings (SSSR count). The molecule has 1 saturated carbocycles. The fourth-order valence-corrected chi connectivity index (χ4v) is 3.08. The van der Waals surface area contributed by atoms with Crippen molar-refractivity contribution in [2.75, 3.05) is 19.1 Å². The first-order chi connectivity index (χ1) is 10.5. The third-order valence-corrected chi connectivity index (χ3v) is 4.62. The summed E-state index contributed by atoms with van der Waals surface area (Å²) < 4.78 is 18.8. The highest BCUT2D eigenvalue weighted by Gasteiger charge is 2.35. The van der Waals surface area contributed by atoms with E-state index in [1.165, 1.54) is 13.2 Å². The van der Waals surface area contributed by atoms with Crippen molar-refractivity contribution < 1.29 is 19.0 Å². The molecule has 1 aromatic carbocycles. The second-order valence-electron chi connectivity index (χ2n) is 5.57. The molecule has 1 fully saturated rings. The highest BCUT2D eigenvalue weighted by molar-refractivity contribution is 7.98. The molecule has 1 aromatic rings. The number of thioether (sulfide) groups is 1. The highest BCUT2D eigenvalue weighted by Crippen LogP contribution is 2.39. The van der Waals surface area contributed by atoms with Gasteiger partial charge in [-0.05, 0) is 42.7 Å². The Bertz CT molecular complexity index is 520. The van der Waals surface area contributed by atoms with E-state index in [1.807, 2.05) is 6.26 Å². The third-order valence-electron chi connectivity index (χ3n) is 4.01. The minimum atomic E-state index is -0.441. The van der Waals surface area contributed by atoms with E-state index in [0.29, 0.717) is 24.8 Å². The summed E-state index contributed by atoms with van der Waals surface area (Å²) >= 11 is 1.61. The van der Waals surface area contributed by atoms with Crippen molar-refractivity contribution in [1.29, 1.82) is 0 Å². The molecule has 2 N–H and O–H groups in total. The molecule has 1 aliphatic carbocycles. The Balaban J connectivity index is 2.13. The number of aliphatic hydroxyl groups is 1. The van der Waals surface area contributed by atoms with Gasteiger partial charge in [-0.25, -0.2) is 4.39 Å². The second-order valence-corrected chi connectivity index (χ2v) is 6.55. The minimum Gasteiger partial charge on any atom is -0.494 e. The first-order valence-electron chi connectivity index (χ1n) is 7.35. The number of carbonyl (C=O) groups is 1. The number of hydrogen-bond acceptors (Lipinski definition) is 4. The van der Waals surface area contributed by atoms with E-state index in [2.05, 4.69) is 5.32 Å². The van der Waals surface area contributed by atoms with Gasteiger partial charge in [0.25, 0.3) is 0 Å². The molecule has 122 valence electrons. The van der Waals surface area contributed by atoms with Crippen LogP contribution in [0.4, 0.5) is 4.39 Å². The van der Waals surface area contributed by atoms with Crippen LogP contribution in [0.5, 0.6) is 5.75 Å². The van der Waals surface area contributed by atoms with E-state index >= 15 is 0 Å². The molecule has 0 heterocycles. The molecular formula is C16H22FNO3S. The zero-order valence-corrected chi connectivity index (χ0v) is 13.7. The van der Waals surface area contributed by atoms with Crippen LogP contribution in [-0.2, 0) is 4.79 Å². The Kier molecular flexibility index (Phi) is 6.08. The first kappa shape index (κ1) is 17.1. The lowest BCUT2D eigenvalue weighted by molar-refractivity contribution is -0.122.